The minimum Gasteiger partial charge on any atom is -0.306 e. The van der Waals surface area contributed by atoms with E-state index in [0.717, 1.165) is 5.01 Å². The second-order valence-corrected chi connectivity index (χ2v) is 7.81. The average molecular weight is 338 g/mol. The zero-order valence-corrected chi connectivity index (χ0v) is 13.4. The van der Waals surface area contributed by atoms with E-state index in [9.17, 15) is 13.2 Å². The van der Waals surface area contributed by atoms with Crippen molar-refractivity contribution in [1.82, 2.24) is 19.3 Å². The molecule has 0 saturated heterocycles. The van der Waals surface area contributed by atoms with Crippen LogP contribution in [0.3, 0.4) is 0 Å². The Morgan fingerprint density at radius 2 is 2.05 bits per heavy atom. The van der Waals surface area contributed by atoms with Crippen molar-refractivity contribution in [1.29, 1.82) is 0 Å². The minimum absolute atomic E-state index is 0.150. The van der Waals surface area contributed by atoms with E-state index in [2.05, 4.69) is 15.0 Å². The molecule has 0 radical (unpaired) electrons. The zero-order valence-electron chi connectivity index (χ0n) is 11.7. The first-order valence-corrected chi connectivity index (χ1v) is 8.85. The first-order chi connectivity index (χ1) is 10.5. The molecule has 0 saturated carbocycles. The maximum atomic E-state index is 12.5. The van der Waals surface area contributed by atoms with Gasteiger partial charge in [-0.3, -0.25) is 0 Å². The van der Waals surface area contributed by atoms with Crippen molar-refractivity contribution >= 4 is 32.4 Å². The third kappa shape index (κ3) is 2.82. The van der Waals surface area contributed by atoms with Crippen LogP contribution in [0.4, 0.5) is 0 Å². The van der Waals surface area contributed by atoms with Gasteiger partial charge in [-0.2, -0.15) is 0 Å². The third-order valence-corrected chi connectivity index (χ3v) is 6.01. The molecular weight excluding hydrogens is 324 g/mol. The Bertz CT molecular complexity index is 941. The Kier molecular flexibility index (Phi) is 3.85. The van der Waals surface area contributed by atoms with Crippen LogP contribution in [0.1, 0.15) is 5.01 Å². The lowest BCUT2D eigenvalue weighted by atomic mass is 10.3. The molecule has 0 aliphatic heterocycles. The van der Waals surface area contributed by atoms with Crippen molar-refractivity contribution in [2.75, 3.05) is 13.6 Å². The molecule has 2 N–H and O–H groups in total. The Balaban J connectivity index is 1.84. The van der Waals surface area contributed by atoms with E-state index in [-0.39, 0.29) is 10.6 Å². The van der Waals surface area contributed by atoms with E-state index in [1.165, 1.54) is 34.8 Å². The fourth-order valence-corrected chi connectivity index (χ4v) is 3.91. The molecule has 0 spiro atoms. The van der Waals surface area contributed by atoms with Crippen LogP contribution in [0.2, 0.25) is 0 Å². The number of hydrogen-bond donors (Lipinski definition) is 2. The molecular formula is C13H14N4O3S2. The van der Waals surface area contributed by atoms with Crippen LogP contribution >= 0.6 is 11.3 Å². The van der Waals surface area contributed by atoms with Gasteiger partial charge in [0.2, 0.25) is 10.0 Å². The highest BCUT2D eigenvalue weighted by atomic mass is 32.2. The normalized spacial score (nSPS) is 12.3. The van der Waals surface area contributed by atoms with E-state index in [4.69, 9.17) is 0 Å². The zero-order chi connectivity index (χ0) is 15.7. The maximum Gasteiger partial charge on any atom is 0.323 e. The molecule has 0 atom stereocenters. The lowest BCUT2D eigenvalue weighted by Gasteiger charge is -2.16. The second-order valence-electron chi connectivity index (χ2n) is 4.79. The number of likely N-dealkylation sites (N-methyl/N-ethyl adjacent to an activating group) is 1. The summed E-state index contributed by atoms with van der Waals surface area (Å²) in [5.74, 6) is 0. The van der Waals surface area contributed by atoms with Gasteiger partial charge in [0.1, 0.15) is 0 Å². The quantitative estimate of drug-likeness (QED) is 0.729. The molecule has 0 unspecified atom stereocenters. The summed E-state index contributed by atoms with van der Waals surface area (Å²) in [5, 5.41) is 2.76. The molecule has 3 rings (SSSR count). The molecule has 0 fully saturated rings. The number of nitrogens with zero attached hydrogens (tertiary/aromatic N) is 2. The molecule has 22 heavy (non-hydrogen) atoms. The molecule has 3 aromatic rings. The van der Waals surface area contributed by atoms with Gasteiger partial charge in [-0.15, -0.1) is 11.3 Å². The van der Waals surface area contributed by atoms with Crippen LogP contribution < -0.4 is 5.69 Å². The predicted octanol–water partition coefficient (Wildman–Crippen LogP) is 1.18. The number of imidazole rings is 1. The number of thiazole rings is 1. The summed E-state index contributed by atoms with van der Waals surface area (Å²) in [6, 6.07) is 4.53. The second kappa shape index (κ2) is 5.67. The Hall–Kier alpha value is -1.97. The van der Waals surface area contributed by atoms with E-state index < -0.39 is 10.0 Å². The van der Waals surface area contributed by atoms with Crippen LogP contribution in [-0.2, 0) is 16.4 Å². The molecule has 0 amide bonds. The van der Waals surface area contributed by atoms with Gasteiger partial charge < -0.3 is 9.97 Å². The fourth-order valence-electron chi connectivity index (χ4n) is 2.10. The number of aromatic amines is 2. The van der Waals surface area contributed by atoms with Gasteiger partial charge in [0.15, 0.2) is 0 Å². The minimum atomic E-state index is -3.60. The number of benzene rings is 1. The van der Waals surface area contributed by atoms with Crippen molar-refractivity contribution in [3.8, 4) is 0 Å². The van der Waals surface area contributed by atoms with Gasteiger partial charge in [-0.1, -0.05) is 0 Å². The number of rotatable bonds is 5. The molecule has 7 nitrogen and oxygen atoms in total. The summed E-state index contributed by atoms with van der Waals surface area (Å²) in [4.78, 5) is 20.7. The lowest BCUT2D eigenvalue weighted by molar-refractivity contribution is 0.472. The molecule has 9 heteroatoms. The van der Waals surface area contributed by atoms with Crippen LogP contribution in [0.25, 0.3) is 11.0 Å². The average Bonchev–Trinajstić information content (AvgIpc) is 3.11. The Morgan fingerprint density at radius 3 is 2.77 bits per heavy atom. The summed E-state index contributed by atoms with van der Waals surface area (Å²) in [6.45, 7) is 0.345. The molecule has 116 valence electrons. The van der Waals surface area contributed by atoms with Gasteiger partial charge in [0.25, 0.3) is 0 Å². The first kappa shape index (κ1) is 14.9. The van der Waals surface area contributed by atoms with Gasteiger partial charge in [-0.05, 0) is 18.2 Å². The van der Waals surface area contributed by atoms with Crippen molar-refractivity contribution in [3.05, 3.63) is 45.3 Å². The number of sulfonamides is 1. The number of nitrogens with one attached hydrogen (secondary N) is 2. The number of aromatic nitrogens is 3. The highest BCUT2D eigenvalue weighted by Gasteiger charge is 2.21. The van der Waals surface area contributed by atoms with E-state index in [0.29, 0.717) is 24.0 Å². The van der Waals surface area contributed by atoms with Crippen LogP contribution in [0, 0.1) is 0 Å². The SMILES string of the molecule is CN(CCc1nccs1)S(=O)(=O)c1ccc2[nH]c(=O)[nH]c2c1. The largest absolute Gasteiger partial charge is 0.323 e. The summed E-state index contributed by atoms with van der Waals surface area (Å²) < 4.78 is 26.4. The standard InChI is InChI=1S/C13H14N4O3S2/c1-17(6-4-12-14-5-7-21-12)22(19,20)9-2-3-10-11(8-9)16-13(18)15-10/h2-3,5,7-8H,4,6H2,1H3,(H2,15,16,18). The summed E-state index contributed by atoms with van der Waals surface area (Å²) in [5.41, 5.74) is 0.690. The molecule has 0 aliphatic rings. The van der Waals surface area contributed by atoms with Crippen molar-refractivity contribution < 1.29 is 8.42 Å². The van der Waals surface area contributed by atoms with Crippen molar-refractivity contribution in [3.63, 3.8) is 0 Å². The molecule has 0 aliphatic carbocycles. The summed E-state index contributed by atoms with van der Waals surface area (Å²) >= 11 is 1.50. The summed E-state index contributed by atoms with van der Waals surface area (Å²) in [6.07, 6.45) is 2.27. The maximum absolute atomic E-state index is 12.5. The number of fused-ring (bicyclic) bond motifs is 1. The monoisotopic (exact) mass is 338 g/mol. The molecule has 0 bridgehead atoms. The van der Waals surface area contributed by atoms with E-state index in [1.54, 1.807) is 12.3 Å². The van der Waals surface area contributed by atoms with Crippen molar-refractivity contribution in [2.24, 2.45) is 0 Å². The Morgan fingerprint density at radius 1 is 1.27 bits per heavy atom. The third-order valence-electron chi connectivity index (χ3n) is 3.32. The van der Waals surface area contributed by atoms with E-state index in [1.807, 2.05) is 5.38 Å². The van der Waals surface area contributed by atoms with Gasteiger partial charge in [0, 0.05) is 31.6 Å². The topological polar surface area (TPSA) is 98.9 Å². The predicted molar refractivity (Wildman–Crippen MR) is 84.6 cm³/mol. The van der Waals surface area contributed by atoms with Gasteiger partial charge >= 0.3 is 5.69 Å². The number of hydrogen-bond acceptors (Lipinski definition) is 5. The Labute approximate surface area is 130 Å². The smallest absolute Gasteiger partial charge is 0.306 e. The highest BCUT2D eigenvalue weighted by Crippen LogP contribution is 2.19. The van der Waals surface area contributed by atoms with E-state index >= 15 is 0 Å². The first-order valence-electron chi connectivity index (χ1n) is 6.53. The van der Waals surface area contributed by atoms with Crippen LogP contribution in [0.15, 0.2) is 39.5 Å². The molecule has 1 aromatic carbocycles. The van der Waals surface area contributed by atoms with Crippen molar-refractivity contribution in [2.45, 2.75) is 11.3 Å². The fraction of sp³-hybridized carbons (Fsp3) is 0.231. The molecule has 2 heterocycles. The lowest BCUT2D eigenvalue weighted by Crippen LogP contribution is -2.29. The van der Waals surface area contributed by atoms with Crippen LogP contribution in [-0.4, -0.2) is 41.3 Å². The molecule has 2 aromatic heterocycles. The van der Waals surface area contributed by atoms with Gasteiger partial charge in [0.05, 0.1) is 20.9 Å². The van der Waals surface area contributed by atoms with Gasteiger partial charge in [-0.25, -0.2) is 22.5 Å². The van der Waals surface area contributed by atoms with Crippen LogP contribution in [0.5, 0.6) is 0 Å². The highest BCUT2D eigenvalue weighted by molar-refractivity contribution is 7.89. The number of H-pyrrole nitrogens is 2. The summed E-state index contributed by atoms with van der Waals surface area (Å²) in [7, 11) is -2.07.